The van der Waals surface area contributed by atoms with Crippen molar-refractivity contribution in [1.29, 1.82) is 5.26 Å². The van der Waals surface area contributed by atoms with E-state index in [0.717, 1.165) is 0 Å². The van der Waals surface area contributed by atoms with Gasteiger partial charge in [0.2, 0.25) is 0 Å². The number of nitriles is 1. The molecule has 1 heterocycles. The predicted octanol–water partition coefficient (Wildman–Crippen LogP) is 0.491. The average Bonchev–Trinajstić information content (AvgIpc) is 2.82. The van der Waals surface area contributed by atoms with E-state index in [1.807, 2.05) is 6.07 Å². The van der Waals surface area contributed by atoms with Crippen LogP contribution in [0.2, 0.25) is 0 Å². The molecule has 0 saturated carbocycles. The van der Waals surface area contributed by atoms with E-state index in [2.05, 4.69) is 10.4 Å². The lowest BCUT2D eigenvalue weighted by Gasteiger charge is -2.22. The van der Waals surface area contributed by atoms with Gasteiger partial charge in [0.15, 0.2) is 6.04 Å². The van der Waals surface area contributed by atoms with Gasteiger partial charge in [-0.05, 0) is 6.92 Å². The topological polar surface area (TPSA) is 111 Å². The molecule has 1 unspecified atom stereocenters. The zero-order valence-electron chi connectivity index (χ0n) is 11.4. The highest BCUT2D eigenvalue weighted by Gasteiger charge is 2.25. The fourth-order valence-corrected chi connectivity index (χ4v) is 1.68. The summed E-state index contributed by atoms with van der Waals surface area (Å²) in [5.74, 6) is -1.16. The highest BCUT2D eigenvalue weighted by molar-refractivity contribution is 5.83. The first-order chi connectivity index (χ1) is 9.49. The van der Waals surface area contributed by atoms with Crippen LogP contribution >= 0.6 is 0 Å². The number of aliphatic carboxylic acids is 1. The van der Waals surface area contributed by atoms with E-state index in [0.29, 0.717) is 12.1 Å². The minimum Gasteiger partial charge on any atom is -0.479 e. The van der Waals surface area contributed by atoms with Gasteiger partial charge in [0.1, 0.15) is 0 Å². The summed E-state index contributed by atoms with van der Waals surface area (Å²) in [7, 11) is 1.66. The van der Waals surface area contributed by atoms with Gasteiger partial charge in [0.25, 0.3) is 0 Å². The number of urea groups is 1. The van der Waals surface area contributed by atoms with E-state index in [1.165, 1.54) is 22.0 Å². The molecule has 0 aliphatic carbocycles. The van der Waals surface area contributed by atoms with Gasteiger partial charge in [-0.1, -0.05) is 0 Å². The van der Waals surface area contributed by atoms with Crippen LogP contribution in [0.3, 0.4) is 0 Å². The molecule has 0 aliphatic heterocycles. The molecule has 0 aliphatic rings. The van der Waals surface area contributed by atoms with Crippen molar-refractivity contribution in [3.8, 4) is 6.07 Å². The first-order valence-electron chi connectivity index (χ1n) is 6.13. The van der Waals surface area contributed by atoms with E-state index < -0.39 is 18.0 Å². The number of amides is 2. The highest BCUT2D eigenvalue weighted by Crippen LogP contribution is 2.12. The molecule has 0 saturated heterocycles. The van der Waals surface area contributed by atoms with Gasteiger partial charge >= 0.3 is 12.0 Å². The molecule has 1 aromatic rings. The van der Waals surface area contributed by atoms with Gasteiger partial charge in [-0.2, -0.15) is 10.4 Å². The highest BCUT2D eigenvalue weighted by atomic mass is 16.4. The summed E-state index contributed by atoms with van der Waals surface area (Å²) in [6, 6.07) is 0.272. The van der Waals surface area contributed by atoms with E-state index in [1.54, 1.807) is 14.0 Å². The Balaban J connectivity index is 2.78. The Morgan fingerprint density at radius 3 is 2.80 bits per heavy atom. The van der Waals surface area contributed by atoms with Gasteiger partial charge in [0, 0.05) is 31.9 Å². The molecule has 8 heteroatoms. The number of aromatic nitrogens is 2. The Morgan fingerprint density at radius 1 is 1.65 bits per heavy atom. The standard InChI is InChI=1S/C12H17N5O3/c1-3-17(6-4-5-13)12(20)15-10(11(18)19)9-7-14-16(2)8-9/h7-8,10H,3-4,6H2,1-2H3,(H,15,20)(H,18,19). The number of hydrogen-bond donors (Lipinski definition) is 2. The fourth-order valence-electron chi connectivity index (χ4n) is 1.68. The number of carbonyl (C=O) groups excluding carboxylic acids is 1. The Hall–Kier alpha value is -2.56. The first-order valence-corrected chi connectivity index (χ1v) is 6.13. The average molecular weight is 279 g/mol. The number of rotatable bonds is 6. The summed E-state index contributed by atoms with van der Waals surface area (Å²) < 4.78 is 1.46. The van der Waals surface area contributed by atoms with Crippen LogP contribution in [-0.4, -0.2) is 44.9 Å². The molecule has 20 heavy (non-hydrogen) atoms. The van der Waals surface area contributed by atoms with Crippen LogP contribution < -0.4 is 5.32 Å². The molecular formula is C12H17N5O3. The van der Waals surface area contributed by atoms with Crippen LogP contribution in [0, 0.1) is 11.3 Å². The molecule has 0 aromatic carbocycles. The van der Waals surface area contributed by atoms with Crippen molar-refractivity contribution >= 4 is 12.0 Å². The maximum Gasteiger partial charge on any atom is 0.331 e. The number of carbonyl (C=O) groups is 2. The van der Waals surface area contributed by atoms with E-state index in [-0.39, 0.29) is 13.0 Å². The van der Waals surface area contributed by atoms with Crippen molar-refractivity contribution in [1.82, 2.24) is 20.0 Å². The summed E-state index contributed by atoms with van der Waals surface area (Å²) in [5.41, 5.74) is 0.393. The molecule has 0 radical (unpaired) electrons. The molecule has 2 N–H and O–H groups in total. The number of nitrogens with zero attached hydrogens (tertiary/aromatic N) is 4. The van der Waals surface area contributed by atoms with Gasteiger partial charge < -0.3 is 15.3 Å². The van der Waals surface area contributed by atoms with Crippen molar-refractivity contribution in [3.63, 3.8) is 0 Å². The molecule has 1 atom stereocenters. The summed E-state index contributed by atoms with van der Waals surface area (Å²) in [6.07, 6.45) is 3.13. The third-order valence-corrected chi connectivity index (χ3v) is 2.74. The van der Waals surface area contributed by atoms with Gasteiger partial charge in [-0.15, -0.1) is 0 Å². The summed E-state index contributed by atoms with van der Waals surface area (Å²) in [4.78, 5) is 24.6. The smallest absolute Gasteiger partial charge is 0.331 e. The van der Waals surface area contributed by atoms with Crippen molar-refractivity contribution in [2.75, 3.05) is 13.1 Å². The van der Waals surface area contributed by atoms with Crippen LogP contribution in [0.15, 0.2) is 12.4 Å². The Bertz CT molecular complexity index is 519. The molecular weight excluding hydrogens is 262 g/mol. The molecule has 0 fully saturated rings. The summed E-state index contributed by atoms with van der Waals surface area (Å²) in [5, 5.41) is 24.0. The maximum atomic E-state index is 12.0. The largest absolute Gasteiger partial charge is 0.479 e. The molecule has 8 nitrogen and oxygen atoms in total. The van der Waals surface area contributed by atoms with Crippen LogP contribution in [0.4, 0.5) is 4.79 Å². The molecule has 0 spiro atoms. The minimum atomic E-state index is -1.16. The van der Waals surface area contributed by atoms with Crippen molar-refractivity contribution in [2.24, 2.45) is 7.05 Å². The first kappa shape index (κ1) is 15.5. The second kappa shape index (κ2) is 7.13. The summed E-state index contributed by atoms with van der Waals surface area (Å²) in [6.45, 7) is 2.42. The summed E-state index contributed by atoms with van der Waals surface area (Å²) >= 11 is 0. The molecule has 0 bridgehead atoms. The van der Waals surface area contributed by atoms with Gasteiger partial charge in [-0.3, -0.25) is 4.68 Å². The molecule has 108 valence electrons. The number of carboxylic acid groups (broad SMARTS) is 1. The van der Waals surface area contributed by atoms with Crippen LogP contribution in [0.5, 0.6) is 0 Å². The van der Waals surface area contributed by atoms with Gasteiger partial charge in [-0.25, -0.2) is 9.59 Å². The molecule has 2 amide bonds. The van der Waals surface area contributed by atoms with Crippen LogP contribution in [-0.2, 0) is 11.8 Å². The molecule has 1 rings (SSSR count). The van der Waals surface area contributed by atoms with Crippen molar-refractivity contribution in [3.05, 3.63) is 18.0 Å². The van der Waals surface area contributed by atoms with Crippen LogP contribution in [0.25, 0.3) is 0 Å². The normalized spacial score (nSPS) is 11.4. The quantitative estimate of drug-likeness (QED) is 0.787. The second-order valence-electron chi connectivity index (χ2n) is 4.16. The second-order valence-corrected chi connectivity index (χ2v) is 4.16. The van der Waals surface area contributed by atoms with E-state index in [9.17, 15) is 14.7 Å². The lowest BCUT2D eigenvalue weighted by molar-refractivity contribution is -0.139. The van der Waals surface area contributed by atoms with Crippen molar-refractivity contribution < 1.29 is 14.7 Å². The minimum absolute atomic E-state index is 0.200. The monoisotopic (exact) mass is 279 g/mol. The van der Waals surface area contributed by atoms with Crippen LogP contribution in [0.1, 0.15) is 24.9 Å². The van der Waals surface area contributed by atoms with E-state index in [4.69, 9.17) is 5.26 Å². The Kier molecular flexibility index (Phi) is 5.53. The lowest BCUT2D eigenvalue weighted by atomic mass is 10.1. The Labute approximate surface area is 116 Å². The van der Waals surface area contributed by atoms with E-state index >= 15 is 0 Å². The SMILES string of the molecule is CCN(CCC#N)C(=O)NC(C(=O)O)c1cnn(C)c1. The third-order valence-electron chi connectivity index (χ3n) is 2.74. The van der Waals surface area contributed by atoms with Gasteiger partial charge in [0.05, 0.1) is 18.7 Å². The third kappa shape index (κ3) is 3.98. The fraction of sp³-hybridized carbons (Fsp3) is 0.500. The Morgan fingerprint density at radius 2 is 2.35 bits per heavy atom. The number of hydrogen-bond acceptors (Lipinski definition) is 4. The number of aryl methyl sites for hydroxylation is 1. The predicted molar refractivity (Wildman–Crippen MR) is 69.6 cm³/mol. The maximum absolute atomic E-state index is 12.0. The number of carboxylic acids is 1. The zero-order chi connectivity index (χ0) is 15.1. The molecule has 1 aromatic heterocycles. The lowest BCUT2D eigenvalue weighted by Crippen LogP contribution is -2.44. The van der Waals surface area contributed by atoms with Crippen molar-refractivity contribution in [2.45, 2.75) is 19.4 Å². The number of nitrogens with one attached hydrogen (secondary N) is 1. The zero-order valence-corrected chi connectivity index (χ0v) is 11.4.